The van der Waals surface area contributed by atoms with Crippen molar-refractivity contribution >= 4 is 36.6 Å². The van der Waals surface area contributed by atoms with E-state index in [1.165, 1.54) is 18.2 Å². The summed E-state index contributed by atoms with van der Waals surface area (Å²) in [5.74, 6) is -1.81. The molecule has 10 heteroatoms. The van der Waals surface area contributed by atoms with Crippen molar-refractivity contribution in [3.05, 3.63) is 35.4 Å². The molecule has 166 valence electrons. The average molecular weight is 455 g/mol. The van der Waals surface area contributed by atoms with Gasteiger partial charge in [0.2, 0.25) is 11.8 Å². The number of likely N-dealkylation sites (tertiary alicyclic amines) is 1. The van der Waals surface area contributed by atoms with Crippen molar-refractivity contribution in [2.24, 2.45) is 11.7 Å². The Kier molecular flexibility index (Phi) is 12.3. The maximum Gasteiger partial charge on any atom is 0.239 e. The van der Waals surface area contributed by atoms with Crippen LogP contribution in [0.4, 0.5) is 8.78 Å². The lowest BCUT2D eigenvalue weighted by atomic mass is 10.0. The maximum atomic E-state index is 13.8. The molecule has 0 spiro atoms. The standard InChI is InChI=1S/C19H28F2N4O2.2ClH/c1-12(2)18(22)19(27)23-9-17(26)24-13-5-4-8-25(10-13)11-14-15(20)6-3-7-16(14)21;;/h3,6-7,12-13,18H,4-5,8-11,22H2,1-2H3,(H,23,27)(H,24,26);2*1H/t13?,18-;;/m0../s1. The Morgan fingerprint density at radius 3 is 2.45 bits per heavy atom. The number of carbonyl (C=O) groups is 2. The van der Waals surface area contributed by atoms with Crippen molar-refractivity contribution in [2.75, 3.05) is 19.6 Å². The van der Waals surface area contributed by atoms with Gasteiger partial charge in [0.15, 0.2) is 0 Å². The fourth-order valence-electron chi connectivity index (χ4n) is 3.09. The predicted octanol–water partition coefficient (Wildman–Crippen LogP) is 1.99. The first-order valence-electron chi connectivity index (χ1n) is 9.25. The summed E-state index contributed by atoms with van der Waals surface area (Å²) in [7, 11) is 0. The number of carbonyl (C=O) groups excluding carboxylic acids is 2. The minimum absolute atomic E-state index is 0. The number of rotatable bonds is 7. The number of nitrogens with one attached hydrogen (secondary N) is 2. The molecule has 1 heterocycles. The van der Waals surface area contributed by atoms with Crippen molar-refractivity contribution in [3.8, 4) is 0 Å². The summed E-state index contributed by atoms with van der Waals surface area (Å²) < 4.78 is 27.6. The number of halogens is 4. The minimum atomic E-state index is -0.654. The van der Waals surface area contributed by atoms with Gasteiger partial charge in [-0.2, -0.15) is 0 Å². The second-order valence-corrected chi connectivity index (χ2v) is 7.33. The number of nitrogens with zero attached hydrogens (tertiary/aromatic N) is 1. The first-order valence-corrected chi connectivity index (χ1v) is 9.25. The van der Waals surface area contributed by atoms with Crippen molar-refractivity contribution in [1.82, 2.24) is 15.5 Å². The van der Waals surface area contributed by atoms with Gasteiger partial charge in [-0.1, -0.05) is 19.9 Å². The molecule has 0 saturated carbocycles. The summed E-state index contributed by atoms with van der Waals surface area (Å²) in [4.78, 5) is 25.8. The summed E-state index contributed by atoms with van der Waals surface area (Å²) in [6.45, 7) is 4.89. The average Bonchev–Trinajstić information content (AvgIpc) is 2.62. The highest BCUT2D eigenvalue weighted by molar-refractivity contribution is 5.87. The molecule has 6 nitrogen and oxygen atoms in total. The Hall–Kier alpha value is -1.48. The number of nitrogens with two attached hydrogens (primary N) is 1. The third kappa shape index (κ3) is 8.42. The molecular formula is C19H30Cl2F2N4O2. The molecule has 1 aliphatic rings. The minimum Gasteiger partial charge on any atom is -0.351 e. The third-order valence-corrected chi connectivity index (χ3v) is 4.76. The van der Waals surface area contributed by atoms with E-state index < -0.39 is 17.7 Å². The van der Waals surface area contributed by atoms with Gasteiger partial charge in [0.1, 0.15) is 11.6 Å². The van der Waals surface area contributed by atoms with Crippen LogP contribution in [0.3, 0.4) is 0 Å². The molecule has 1 aliphatic heterocycles. The highest BCUT2D eigenvalue weighted by Crippen LogP contribution is 2.18. The quantitative estimate of drug-likeness (QED) is 0.587. The van der Waals surface area contributed by atoms with E-state index in [0.29, 0.717) is 13.1 Å². The van der Waals surface area contributed by atoms with Crippen molar-refractivity contribution in [2.45, 2.75) is 45.3 Å². The van der Waals surface area contributed by atoms with Crippen molar-refractivity contribution in [3.63, 3.8) is 0 Å². The zero-order valence-electron chi connectivity index (χ0n) is 16.6. The van der Waals surface area contributed by atoms with Gasteiger partial charge in [-0.25, -0.2) is 8.78 Å². The summed E-state index contributed by atoms with van der Waals surface area (Å²) in [6, 6.07) is 3.04. The van der Waals surface area contributed by atoms with Gasteiger partial charge in [0, 0.05) is 24.7 Å². The van der Waals surface area contributed by atoms with Gasteiger partial charge in [-0.15, -0.1) is 24.8 Å². The Morgan fingerprint density at radius 1 is 1.24 bits per heavy atom. The van der Waals surface area contributed by atoms with E-state index in [0.717, 1.165) is 12.8 Å². The number of benzene rings is 1. The van der Waals surface area contributed by atoms with E-state index in [4.69, 9.17) is 5.73 Å². The van der Waals surface area contributed by atoms with Crippen LogP contribution in [0.1, 0.15) is 32.3 Å². The number of amides is 2. The van der Waals surface area contributed by atoms with E-state index in [-0.39, 0.29) is 67.2 Å². The summed E-state index contributed by atoms with van der Waals surface area (Å²) in [5.41, 5.74) is 5.78. The molecular weight excluding hydrogens is 425 g/mol. The molecule has 4 N–H and O–H groups in total. The first kappa shape index (κ1) is 27.5. The van der Waals surface area contributed by atoms with Gasteiger partial charge >= 0.3 is 0 Å². The first-order chi connectivity index (χ1) is 12.8. The third-order valence-electron chi connectivity index (χ3n) is 4.76. The zero-order chi connectivity index (χ0) is 20.0. The number of hydrogen-bond acceptors (Lipinski definition) is 4. The van der Waals surface area contributed by atoms with Gasteiger partial charge in [-0.05, 0) is 37.4 Å². The SMILES string of the molecule is CC(C)[C@H](N)C(=O)NCC(=O)NC1CCCN(Cc2c(F)cccc2F)C1.Cl.Cl. The Bertz CT molecular complexity index is 659. The summed E-state index contributed by atoms with van der Waals surface area (Å²) in [6.07, 6.45) is 1.59. The maximum absolute atomic E-state index is 13.8. The summed E-state index contributed by atoms with van der Waals surface area (Å²) >= 11 is 0. The highest BCUT2D eigenvalue weighted by Gasteiger charge is 2.24. The van der Waals surface area contributed by atoms with Gasteiger partial charge in [-0.3, -0.25) is 14.5 Å². The highest BCUT2D eigenvalue weighted by atomic mass is 35.5. The van der Waals surface area contributed by atoms with Gasteiger partial charge in [0.05, 0.1) is 12.6 Å². The molecule has 0 aromatic heterocycles. The second-order valence-electron chi connectivity index (χ2n) is 7.33. The van der Waals surface area contributed by atoms with Crippen LogP contribution in [-0.4, -0.2) is 48.4 Å². The molecule has 2 atom stereocenters. The molecule has 29 heavy (non-hydrogen) atoms. The smallest absolute Gasteiger partial charge is 0.239 e. The molecule has 0 bridgehead atoms. The summed E-state index contributed by atoms with van der Waals surface area (Å²) in [5, 5.41) is 5.39. The van der Waals surface area contributed by atoms with Gasteiger partial charge < -0.3 is 16.4 Å². The van der Waals surface area contributed by atoms with Crippen LogP contribution in [0.5, 0.6) is 0 Å². The van der Waals surface area contributed by atoms with E-state index in [1.54, 1.807) is 0 Å². The zero-order valence-corrected chi connectivity index (χ0v) is 18.3. The van der Waals surface area contributed by atoms with Crippen molar-refractivity contribution in [1.29, 1.82) is 0 Å². The molecule has 1 aromatic carbocycles. The van der Waals surface area contributed by atoms with E-state index in [9.17, 15) is 18.4 Å². The van der Waals surface area contributed by atoms with Crippen LogP contribution in [0, 0.1) is 17.6 Å². The predicted molar refractivity (Wildman–Crippen MR) is 113 cm³/mol. The van der Waals surface area contributed by atoms with Crippen LogP contribution in [-0.2, 0) is 16.1 Å². The fraction of sp³-hybridized carbons (Fsp3) is 0.579. The molecule has 1 unspecified atom stereocenters. The molecule has 2 amide bonds. The molecule has 1 fully saturated rings. The van der Waals surface area contributed by atoms with Crippen LogP contribution in [0.25, 0.3) is 0 Å². The Labute approximate surface area is 182 Å². The lowest BCUT2D eigenvalue weighted by Gasteiger charge is -2.33. The van der Waals surface area contributed by atoms with Crippen LogP contribution in [0.2, 0.25) is 0 Å². The lowest BCUT2D eigenvalue weighted by Crippen LogP contribution is -2.51. The number of piperidine rings is 1. The molecule has 1 aromatic rings. The van der Waals surface area contributed by atoms with Crippen LogP contribution in [0.15, 0.2) is 18.2 Å². The van der Waals surface area contributed by atoms with Crippen LogP contribution < -0.4 is 16.4 Å². The number of hydrogen-bond donors (Lipinski definition) is 3. The largest absolute Gasteiger partial charge is 0.351 e. The fourth-order valence-corrected chi connectivity index (χ4v) is 3.09. The van der Waals surface area contributed by atoms with E-state index >= 15 is 0 Å². The molecule has 1 saturated heterocycles. The second kappa shape index (κ2) is 13.0. The van der Waals surface area contributed by atoms with E-state index in [1.807, 2.05) is 18.7 Å². The Balaban J connectivity index is 0.00000392. The molecule has 0 aliphatic carbocycles. The van der Waals surface area contributed by atoms with Crippen molar-refractivity contribution < 1.29 is 18.4 Å². The molecule has 0 radical (unpaired) electrons. The van der Waals surface area contributed by atoms with Gasteiger partial charge in [0.25, 0.3) is 0 Å². The Morgan fingerprint density at radius 2 is 1.86 bits per heavy atom. The topological polar surface area (TPSA) is 87.5 Å². The van der Waals surface area contributed by atoms with Crippen LogP contribution >= 0.6 is 24.8 Å². The van der Waals surface area contributed by atoms with E-state index in [2.05, 4.69) is 10.6 Å². The normalized spacial score (nSPS) is 17.7. The molecule has 2 rings (SSSR count). The monoisotopic (exact) mass is 454 g/mol. The lowest BCUT2D eigenvalue weighted by molar-refractivity contribution is -0.127.